The first-order valence-corrected chi connectivity index (χ1v) is 16.3. The van der Waals surface area contributed by atoms with Crippen molar-refractivity contribution in [3.05, 3.63) is 23.8 Å². The molecule has 1 aliphatic heterocycles. The average Bonchev–Trinajstić information content (AvgIpc) is 2.74. The molecule has 9 heteroatoms. The zero-order chi connectivity index (χ0) is 29.9. The van der Waals surface area contributed by atoms with Crippen molar-refractivity contribution in [2.75, 3.05) is 0 Å². The fourth-order valence-corrected chi connectivity index (χ4v) is 5.71. The monoisotopic (exact) mass is 560 g/mol. The molecule has 38 heavy (non-hydrogen) atoms. The number of ketones is 2. The van der Waals surface area contributed by atoms with Crippen molar-refractivity contribution in [3.63, 3.8) is 0 Å². The number of carbonyl (C=O) groups excluding carboxylic acids is 3. The molecule has 1 aliphatic rings. The molecule has 0 aromatic rings. The zero-order valence-corrected chi connectivity index (χ0v) is 25.9. The molecule has 0 aromatic heterocycles. The summed E-state index contributed by atoms with van der Waals surface area (Å²) < 4.78 is 53.3. The van der Waals surface area contributed by atoms with E-state index < -0.39 is 67.7 Å². The van der Waals surface area contributed by atoms with E-state index in [1.807, 2.05) is 6.92 Å². The van der Waals surface area contributed by atoms with Gasteiger partial charge in [0.05, 0.1) is 6.10 Å². The van der Waals surface area contributed by atoms with E-state index in [0.29, 0.717) is 0 Å². The van der Waals surface area contributed by atoms with Gasteiger partial charge in [-0.25, -0.2) is 0 Å². The Morgan fingerprint density at radius 2 is 1.66 bits per heavy atom. The quantitative estimate of drug-likeness (QED) is 0.202. The van der Waals surface area contributed by atoms with Crippen molar-refractivity contribution in [2.45, 2.75) is 118 Å². The van der Waals surface area contributed by atoms with Crippen molar-refractivity contribution >= 4 is 25.9 Å². The van der Waals surface area contributed by atoms with Crippen LogP contribution in [0.2, 0.25) is 18.1 Å². The largest absolute Gasteiger partial charge is 0.454 e. The summed E-state index contributed by atoms with van der Waals surface area (Å²) in [6.45, 7) is 20.6. The Morgan fingerprint density at radius 1 is 1.11 bits per heavy atom. The minimum absolute atomic E-state index is 0.0900. The first kappa shape index (κ1) is 34.3. The molecule has 0 saturated carbocycles. The summed E-state index contributed by atoms with van der Waals surface area (Å²) in [7, 11) is -2.35. The first-order chi connectivity index (χ1) is 17.0. The highest BCUT2D eigenvalue weighted by atomic mass is 28.4. The molecule has 0 spiro atoms. The maximum absolute atomic E-state index is 13.9. The lowest BCUT2D eigenvalue weighted by molar-refractivity contribution is -0.156. The van der Waals surface area contributed by atoms with E-state index in [1.54, 1.807) is 33.8 Å². The average molecular weight is 561 g/mol. The zero-order valence-electron chi connectivity index (χ0n) is 24.9. The molecule has 0 N–H and O–H groups in total. The maximum Gasteiger partial charge on any atom is 0.412 e. The number of alkyl halides is 3. The van der Waals surface area contributed by atoms with E-state index in [4.69, 9.17) is 9.16 Å². The molecule has 0 aromatic carbocycles. The summed E-state index contributed by atoms with van der Waals surface area (Å²) >= 11 is 0. The van der Waals surface area contributed by atoms with Crippen molar-refractivity contribution in [3.8, 4) is 0 Å². The summed E-state index contributed by atoms with van der Waals surface area (Å²) in [5.41, 5.74) is -1.74. The normalized spacial score (nSPS) is 31.2. The highest BCUT2D eigenvalue weighted by molar-refractivity contribution is 6.74. The SMILES string of the molecule is CC(=O)[C@@H]1C/C=C(/C(F)(F)F)C/C=C/[C@H](C)[C@H](O[Si](C)(C)C(C)(C)C)[C@@H](C)C(=O)C(C)(C)[C@@H](C)CC(=O)O1. The van der Waals surface area contributed by atoms with Gasteiger partial charge < -0.3 is 9.16 Å². The second-order valence-electron chi connectivity index (χ2n) is 12.9. The predicted molar refractivity (Wildman–Crippen MR) is 146 cm³/mol. The van der Waals surface area contributed by atoms with Gasteiger partial charge in [0, 0.05) is 29.7 Å². The summed E-state index contributed by atoms with van der Waals surface area (Å²) in [5.74, 6) is -2.70. The second kappa shape index (κ2) is 12.6. The van der Waals surface area contributed by atoms with Gasteiger partial charge in [-0.3, -0.25) is 14.4 Å². The third-order valence-electron chi connectivity index (χ3n) is 8.45. The number of cyclic esters (lactones) is 1. The van der Waals surface area contributed by atoms with E-state index >= 15 is 0 Å². The van der Waals surface area contributed by atoms with Gasteiger partial charge in [0.1, 0.15) is 5.78 Å². The molecular formula is C29H47F3O5Si. The third-order valence-corrected chi connectivity index (χ3v) is 12.9. The molecule has 0 amide bonds. The van der Waals surface area contributed by atoms with Crippen LogP contribution >= 0.6 is 0 Å². The highest BCUT2D eigenvalue weighted by Crippen LogP contribution is 2.42. The fraction of sp³-hybridized carbons (Fsp3) is 0.759. The van der Waals surface area contributed by atoms with Gasteiger partial charge in [-0.1, -0.05) is 73.6 Å². The number of rotatable bonds is 3. The van der Waals surface area contributed by atoms with E-state index in [1.165, 1.54) is 13.0 Å². The number of hydrogen-bond donors (Lipinski definition) is 0. The first-order valence-electron chi connectivity index (χ1n) is 13.4. The summed E-state index contributed by atoms with van der Waals surface area (Å²) in [5, 5.41) is -0.138. The number of halogens is 3. The Labute approximate surface area is 227 Å². The molecule has 5 atom stereocenters. The molecule has 0 aliphatic carbocycles. The van der Waals surface area contributed by atoms with Crippen LogP contribution in [0.25, 0.3) is 0 Å². The van der Waals surface area contributed by atoms with Crippen molar-refractivity contribution in [2.24, 2.45) is 23.2 Å². The maximum atomic E-state index is 13.9. The summed E-state index contributed by atoms with van der Waals surface area (Å²) in [6, 6.07) is 0. The van der Waals surface area contributed by atoms with Crippen LogP contribution in [0, 0.1) is 23.2 Å². The van der Waals surface area contributed by atoms with Crippen LogP contribution in [0.3, 0.4) is 0 Å². The Kier molecular flexibility index (Phi) is 11.4. The van der Waals surface area contributed by atoms with Gasteiger partial charge >= 0.3 is 12.1 Å². The van der Waals surface area contributed by atoms with E-state index in [0.717, 1.165) is 6.08 Å². The van der Waals surface area contributed by atoms with Gasteiger partial charge in [0.25, 0.3) is 0 Å². The molecule has 0 fully saturated rings. The third kappa shape index (κ3) is 8.90. The smallest absolute Gasteiger partial charge is 0.412 e. The lowest BCUT2D eigenvalue weighted by atomic mass is 9.69. The summed E-state index contributed by atoms with van der Waals surface area (Å²) in [4.78, 5) is 38.6. The van der Waals surface area contributed by atoms with Crippen LogP contribution < -0.4 is 0 Å². The topological polar surface area (TPSA) is 69.7 Å². The second-order valence-corrected chi connectivity index (χ2v) is 17.6. The number of esters is 1. The van der Waals surface area contributed by atoms with Crippen LogP contribution in [-0.2, 0) is 23.5 Å². The minimum atomic E-state index is -4.61. The molecule has 1 heterocycles. The molecule has 0 saturated heterocycles. The molecular weight excluding hydrogens is 513 g/mol. The van der Waals surface area contributed by atoms with Gasteiger partial charge in [-0.05, 0) is 43.3 Å². The van der Waals surface area contributed by atoms with E-state index in [9.17, 15) is 27.6 Å². The molecule has 218 valence electrons. The van der Waals surface area contributed by atoms with Crippen molar-refractivity contribution < 1.29 is 36.7 Å². The van der Waals surface area contributed by atoms with E-state index in [-0.39, 0.29) is 29.6 Å². The van der Waals surface area contributed by atoms with Crippen LogP contribution in [0.5, 0.6) is 0 Å². The molecule has 0 unspecified atom stereocenters. The lowest BCUT2D eigenvalue weighted by Gasteiger charge is -2.43. The Morgan fingerprint density at radius 3 is 2.13 bits per heavy atom. The number of ether oxygens (including phenoxy) is 1. The van der Waals surface area contributed by atoms with Crippen molar-refractivity contribution in [1.82, 2.24) is 0 Å². The fourth-order valence-electron chi connectivity index (χ4n) is 4.25. The van der Waals surface area contributed by atoms with Crippen LogP contribution in [-0.4, -0.2) is 44.2 Å². The van der Waals surface area contributed by atoms with E-state index in [2.05, 4.69) is 33.9 Å². The Bertz CT molecular complexity index is 927. The molecule has 0 bridgehead atoms. The minimum Gasteiger partial charge on any atom is -0.454 e. The van der Waals surface area contributed by atoms with Crippen molar-refractivity contribution in [1.29, 1.82) is 0 Å². The predicted octanol–water partition coefficient (Wildman–Crippen LogP) is 7.61. The van der Waals surface area contributed by atoms with Crippen LogP contribution in [0.4, 0.5) is 13.2 Å². The Balaban J connectivity index is 3.62. The molecule has 0 radical (unpaired) electrons. The van der Waals surface area contributed by atoms with Gasteiger partial charge in [-0.15, -0.1) is 0 Å². The molecule has 1 rings (SSSR count). The van der Waals surface area contributed by atoms with Crippen LogP contribution in [0.1, 0.15) is 81.6 Å². The Hall–Kier alpha value is -1.74. The number of allylic oxidation sites excluding steroid dienone is 2. The van der Waals surface area contributed by atoms with Crippen LogP contribution in [0.15, 0.2) is 23.8 Å². The molecule has 5 nitrogen and oxygen atoms in total. The summed E-state index contributed by atoms with van der Waals surface area (Å²) in [6.07, 6.45) is -3.34. The van der Waals surface area contributed by atoms with Gasteiger partial charge in [0.15, 0.2) is 20.2 Å². The highest BCUT2D eigenvalue weighted by Gasteiger charge is 2.46. The lowest BCUT2D eigenvalue weighted by Crippen LogP contribution is -2.50. The number of Topliss-reactive ketones (excluding diaryl/α,β-unsaturated/α-hetero) is 2. The number of carbonyl (C=O) groups is 3. The standard InChI is InChI=1S/C29H47F3O5Si/c1-18-13-12-14-22(29(30,31)32)15-16-23(21(4)33)36-24(34)17-19(2)28(8,9)26(35)20(3)25(18)37-38(10,11)27(5,6)7/h12-13,15,18-20,23,25H,14,16-17H2,1-11H3/b13-12+,22-15+/t18-,19-,20+,23-,25-/m0/s1. The number of hydrogen-bond acceptors (Lipinski definition) is 5. The van der Waals surface area contributed by atoms with Gasteiger partial charge in [-0.2, -0.15) is 13.2 Å². The van der Waals surface area contributed by atoms with Gasteiger partial charge in [0.2, 0.25) is 0 Å².